The zero-order valence-electron chi connectivity index (χ0n) is 15.5. The molecule has 0 saturated carbocycles. The molecular formula is C18H28N4O3. The molecule has 2 aliphatic rings. The average molecular weight is 348 g/mol. The molecule has 2 saturated heterocycles. The summed E-state index contributed by atoms with van der Waals surface area (Å²) in [4.78, 5) is 31.2. The molecule has 138 valence electrons. The van der Waals surface area contributed by atoms with Crippen LogP contribution in [0.5, 0.6) is 0 Å². The van der Waals surface area contributed by atoms with Gasteiger partial charge in [0.05, 0.1) is 12.2 Å². The number of aromatic nitrogens is 1. The Hall–Kier alpha value is -1.89. The van der Waals surface area contributed by atoms with Crippen molar-refractivity contribution >= 4 is 11.8 Å². The monoisotopic (exact) mass is 348 g/mol. The summed E-state index contributed by atoms with van der Waals surface area (Å²) >= 11 is 0. The van der Waals surface area contributed by atoms with E-state index < -0.39 is 0 Å². The van der Waals surface area contributed by atoms with Crippen LogP contribution in [0.2, 0.25) is 0 Å². The van der Waals surface area contributed by atoms with E-state index in [1.807, 2.05) is 9.80 Å². The minimum Gasteiger partial charge on any atom is -0.361 e. The molecule has 7 heteroatoms. The number of hydrogen-bond donors (Lipinski definition) is 0. The summed E-state index contributed by atoms with van der Waals surface area (Å²) in [6.45, 7) is 9.74. The van der Waals surface area contributed by atoms with E-state index in [4.69, 9.17) is 4.52 Å². The van der Waals surface area contributed by atoms with E-state index in [0.29, 0.717) is 42.7 Å². The van der Waals surface area contributed by atoms with Gasteiger partial charge in [-0.1, -0.05) is 5.16 Å². The van der Waals surface area contributed by atoms with Gasteiger partial charge >= 0.3 is 0 Å². The molecule has 0 spiro atoms. The van der Waals surface area contributed by atoms with Gasteiger partial charge in [0.25, 0.3) is 5.91 Å². The van der Waals surface area contributed by atoms with Gasteiger partial charge in [0, 0.05) is 38.8 Å². The van der Waals surface area contributed by atoms with Crippen molar-refractivity contribution in [1.29, 1.82) is 0 Å². The van der Waals surface area contributed by atoms with Crippen LogP contribution in [0.25, 0.3) is 0 Å². The quantitative estimate of drug-likeness (QED) is 0.827. The summed E-state index contributed by atoms with van der Waals surface area (Å²) in [7, 11) is 0. The van der Waals surface area contributed by atoms with Gasteiger partial charge in [0.15, 0.2) is 0 Å². The highest BCUT2D eigenvalue weighted by Crippen LogP contribution is 2.18. The van der Waals surface area contributed by atoms with Crippen molar-refractivity contribution < 1.29 is 14.1 Å². The van der Waals surface area contributed by atoms with Crippen molar-refractivity contribution in [3.63, 3.8) is 0 Å². The normalized spacial score (nSPS) is 22.3. The van der Waals surface area contributed by atoms with Gasteiger partial charge in [-0.3, -0.25) is 14.5 Å². The van der Waals surface area contributed by atoms with Gasteiger partial charge in [-0.25, -0.2) is 0 Å². The molecule has 1 aromatic rings. The standard InChI is InChI=1S/C18H28N4O3/c1-13-6-4-5-7-22(13)16(23)12-20-8-10-21(11-9-20)18(24)17-14(2)19-25-15(17)3/h13H,4-12H2,1-3H3. The maximum absolute atomic E-state index is 12.7. The summed E-state index contributed by atoms with van der Waals surface area (Å²) in [5, 5.41) is 3.86. The summed E-state index contributed by atoms with van der Waals surface area (Å²) in [5.74, 6) is 0.767. The van der Waals surface area contributed by atoms with Crippen LogP contribution < -0.4 is 0 Å². The number of piperazine rings is 1. The van der Waals surface area contributed by atoms with E-state index in [1.165, 1.54) is 6.42 Å². The van der Waals surface area contributed by atoms with Gasteiger partial charge in [-0.15, -0.1) is 0 Å². The molecule has 2 fully saturated rings. The van der Waals surface area contributed by atoms with E-state index in [-0.39, 0.29) is 11.8 Å². The number of aryl methyl sites for hydroxylation is 2. The number of carbonyl (C=O) groups is 2. The predicted octanol–water partition coefficient (Wildman–Crippen LogP) is 1.45. The molecule has 3 heterocycles. The fraction of sp³-hybridized carbons (Fsp3) is 0.722. The molecule has 1 atom stereocenters. The fourth-order valence-corrected chi connectivity index (χ4v) is 3.81. The van der Waals surface area contributed by atoms with Crippen molar-refractivity contribution in [2.75, 3.05) is 39.3 Å². The van der Waals surface area contributed by atoms with E-state index in [2.05, 4.69) is 17.0 Å². The molecule has 2 amide bonds. The van der Waals surface area contributed by atoms with Crippen LogP contribution in [-0.4, -0.2) is 77.0 Å². The number of nitrogens with zero attached hydrogens (tertiary/aromatic N) is 4. The van der Waals surface area contributed by atoms with Gasteiger partial charge < -0.3 is 14.3 Å². The molecule has 7 nitrogen and oxygen atoms in total. The minimum absolute atomic E-state index is 0.0214. The van der Waals surface area contributed by atoms with Crippen molar-refractivity contribution in [1.82, 2.24) is 19.9 Å². The number of hydrogen-bond acceptors (Lipinski definition) is 5. The highest BCUT2D eigenvalue weighted by molar-refractivity contribution is 5.96. The van der Waals surface area contributed by atoms with Crippen molar-refractivity contribution in [3.8, 4) is 0 Å². The summed E-state index contributed by atoms with van der Waals surface area (Å²) in [6, 6.07) is 0.351. The van der Waals surface area contributed by atoms with E-state index in [1.54, 1.807) is 13.8 Å². The van der Waals surface area contributed by atoms with Gasteiger partial charge in [-0.05, 0) is 40.0 Å². The smallest absolute Gasteiger partial charge is 0.259 e. The Balaban J connectivity index is 1.52. The molecule has 0 bridgehead atoms. The van der Waals surface area contributed by atoms with E-state index in [0.717, 1.165) is 32.5 Å². The number of rotatable bonds is 3. The SMILES string of the molecule is Cc1noc(C)c1C(=O)N1CCN(CC(=O)N2CCCCC2C)CC1. The molecule has 0 N–H and O–H groups in total. The highest BCUT2D eigenvalue weighted by atomic mass is 16.5. The first-order chi connectivity index (χ1) is 12.0. The lowest BCUT2D eigenvalue weighted by atomic mass is 10.0. The van der Waals surface area contributed by atoms with Crippen LogP contribution >= 0.6 is 0 Å². The second kappa shape index (κ2) is 7.56. The zero-order chi connectivity index (χ0) is 18.0. The van der Waals surface area contributed by atoms with E-state index >= 15 is 0 Å². The van der Waals surface area contributed by atoms with Crippen molar-refractivity contribution in [3.05, 3.63) is 17.0 Å². The number of piperidine rings is 1. The van der Waals surface area contributed by atoms with Crippen LogP contribution in [0.15, 0.2) is 4.52 Å². The third-order valence-corrected chi connectivity index (χ3v) is 5.39. The first kappa shape index (κ1) is 17.9. The molecule has 1 aromatic heterocycles. The average Bonchev–Trinajstić information content (AvgIpc) is 2.94. The highest BCUT2D eigenvalue weighted by Gasteiger charge is 2.29. The lowest BCUT2D eigenvalue weighted by Crippen LogP contribution is -2.53. The molecular weight excluding hydrogens is 320 g/mol. The van der Waals surface area contributed by atoms with Crippen LogP contribution in [0.1, 0.15) is 48.0 Å². The first-order valence-corrected chi connectivity index (χ1v) is 9.21. The summed E-state index contributed by atoms with van der Waals surface area (Å²) < 4.78 is 5.10. The van der Waals surface area contributed by atoms with Crippen molar-refractivity contribution in [2.24, 2.45) is 0 Å². The second-order valence-electron chi connectivity index (χ2n) is 7.20. The Morgan fingerprint density at radius 3 is 2.44 bits per heavy atom. The Morgan fingerprint density at radius 1 is 1.12 bits per heavy atom. The summed E-state index contributed by atoms with van der Waals surface area (Å²) in [5.41, 5.74) is 1.21. The second-order valence-corrected chi connectivity index (χ2v) is 7.20. The molecule has 3 rings (SSSR count). The van der Waals surface area contributed by atoms with Gasteiger partial charge in [-0.2, -0.15) is 0 Å². The largest absolute Gasteiger partial charge is 0.361 e. The lowest BCUT2D eigenvalue weighted by Gasteiger charge is -2.38. The molecule has 1 unspecified atom stereocenters. The fourth-order valence-electron chi connectivity index (χ4n) is 3.81. The third kappa shape index (κ3) is 3.86. The molecule has 2 aliphatic heterocycles. The van der Waals surface area contributed by atoms with Gasteiger partial charge in [0.2, 0.25) is 5.91 Å². The zero-order valence-corrected chi connectivity index (χ0v) is 15.5. The van der Waals surface area contributed by atoms with Crippen molar-refractivity contribution in [2.45, 2.75) is 46.1 Å². The van der Waals surface area contributed by atoms with Crippen LogP contribution in [0.3, 0.4) is 0 Å². The van der Waals surface area contributed by atoms with E-state index in [9.17, 15) is 9.59 Å². The Morgan fingerprint density at radius 2 is 1.84 bits per heavy atom. The first-order valence-electron chi connectivity index (χ1n) is 9.21. The Kier molecular flexibility index (Phi) is 5.42. The van der Waals surface area contributed by atoms with Crippen LogP contribution in [0.4, 0.5) is 0 Å². The topological polar surface area (TPSA) is 69.9 Å². The van der Waals surface area contributed by atoms with Gasteiger partial charge in [0.1, 0.15) is 11.3 Å². The molecule has 25 heavy (non-hydrogen) atoms. The molecule has 0 aromatic carbocycles. The predicted molar refractivity (Wildman–Crippen MR) is 93.3 cm³/mol. The number of likely N-dealkylation sites (tertiary alicyclic amines) is 1. The Labute approximate surface area is 148 Å². The summed E-state index contributed by atoms with van der Waals surface area (Å²) in [6.07, 6.45) is 3.43. The minimum atomic E-state index is -0.0214. The third-order valence-electron chi connectivity index (χ3n) is 5.39. The molecule has 0 aliphatic carbocycles. The van der Waals surface area contributed by atoms with Crippen LogP contribution in [-0.2, 0) is 4.79 Å². The Bertz CT molecular complexity index is 615. The lowest BCUT2D eigenvalue weighted by molar-refractivity contribution is -0.136. The number of carbonyl (C=O) groups excluding carboxylic acids is 2. The maximum Gasteiger partial charge on any atom is 0.259 e. The van der Waals surface area contributed by atoms with Crippen LogP contribution in [0, 0.1) is 13.8 Å². The maximum atomic E-state index is 12.7. The number of amides is 2. The molecule has 0 radical (unpaired) electrons.